The minimum absolute atomic E-state index is 0.00612. The zero-order chi connectivity index (χ0) is 28.6. The summed E-state index contributed by atoms with van der Waals surface area (Å²) >= 11 is 0. The van der Waals surface area contributed by atoms with Gasteiger partial charge in [-0.05, 0) is 37.1 Å². The van der Waals surface area contributed by atoms with Crippen molar-refractivity contribution in [3.8, 4) is 17.3 Å². The first-order valence-electron chi connectivity index (χ1n) is 13.3. The molecule has 6 rings (SSSR count). The summed E-state index contributed by atoms with van der Waals surface area (Å²) < 4.78 is 20.9. The fourth-order valence-corrected chi connectivity index (χ4v) is 5.75. The predicted molar refractivity (Wildman–Crippen MR) is 146 cm³/mol. The van der Waals surface area contributed by atoms with Crippen LogP contribution in [0.1, 0.15) is 29.6 Å². The lowest BCUT2D eigenvalue weighted by molar-refractivity contribution is -0.0399. The van der Waals surface area contributed by atoms with Crippen molar-refractivity contribution in [2.24, 2.45) is 0 Å². The van der Waals surface area contributed by atoms with Crippen molar-refractivity contribution >= 4 is 28.7 Å². The Morgan fingerprint density at radius 2 is 2.05 bits per heavy atom. The minimum Gasteiger partial charge on any atom is -0.465 e. The summed E-state index contributed by atoms with van der Waals surface area (Å²) in [5.74, 6) is -1.35. The van der Waals surface area contributed by atoms with Gasteiger partial charge in [0.1, 0.15) is 23.3 Å². The molecule has 0 spiro atoms. The summed E-state index contributed by atoms with van der Waals surface area (Å²) in [6, 6.07) is 7.95. The number of hydrogen-bond donors (Lipinski definition) is 2. The zero-order valence-corrected chi connectivity index (χ0v) is 22.4. The van der Waals surface area contributed by atoms with Gasteiger partial charge in [-0.1, -0.05) is 0 Å². The van der Waals surface area contributed by atoms with Crippen LogP contribution in [-0.4, -0.2) is 85.9 Å². The standard InChI is InChI=1S/C28H28FN9O3/c1-41-26(39)18-2-3-23(22(29)12-18)35-27(40)36-10-5-20(6-11-36)37-15-28(16-37,7-8-30)38-14-19(13-34-38)24-21-4-9-31-25(21)33-17-32-24/h2-4,9,12-14,17,20H,5-7,10-11,15-16H2,1H3,(H,35,40)(H,31,32,33). The minimum atomic E-state index is -0.704. The lowest BCUT2D eigenvalue weighted by Crippen LogP contribution is -2.66. The normalized spacial score (nSPS) is 17.1. The maximum Gasteiger partial charge on any atom is 0.337 e. The van der Waals surface area contributed by atoms with Gasteiger partial charge in [0.25, 0.3) is 0 Å². The highest BCUT2D eigenvalue weighted by Gasteiger charge is 2.48. The van der Waals surface area contributed by atoms with Crippen LogP contribution in [0, 0.1) is 17.1 Å². The number of rotatable bonds is 6. The number of fused-ring (bicyclic) bond motifs is 1. The predicted octanol–water partition coefficient (Wildman–Crippen LogP) is 3.37. The third-order valence-corrected chi connectivity index (χ3v) is 8.00. The molecule has 13 heteroatoms. The van der Waals surface area contributed by atoms with E-state index in [-0.39, 0.29) is 23.3 Å². The summed E-state index contributed by atoms with van der Waals surface area (Å²) in [5.41, 5.74) is 2.06. The fourth-order valence-electron chi connectivity index (χ4n) is 5.75. The van der Waals surface area contributed by atoms with Crippen molar-refractivity contribution < 1.29 is 18.7 Å². The monoisotopic (exact) mass is 557 g/mol. The number of aromatic amines is 1. The van der Waals surface area contributed by atoms with Crippen LogP contribution < -0.4 is 5.32 Å². The van der Waals surface area contributed by atoms with Crippen molar-refractivity contribution in [3.05, 3.63) is 60.6 Å². The van der Waals surface area contributed by atoms with Gasteiger partial charge in [0.2, 0.25) is 0 Å². The van der Waals surface area contributed by atoms with E-state index in [4.69, 9.17) is 0 Å². The number of benzene rings is 1. The Morgan fingerprint density at radius 1 is 1.24 bits per heavy atom. The van der Waals surface area contributed by atoms with Crippen LogP contribution in [0.15, 0.2) is 49.2 Å². The van der Waals surface area contributed by atoms with Crippen LogP contribution in [0.3, 0.4) is 0 Å². The molecule has 2 amide bonds. The summed E-state index contributed by atoms with van der Waals surface area (Å²) in [6.45, 7) is 2.40. The lowest BCUT2D eigenvalue weighted by Gasteiger charge is -2.53. The van der Waals surface area contributed by atoms with Gasteiger partial charge in [0.15, 0.2) is 0 Å². The molecule has 4 aromatic rings. The molecule has 2 fully saturated rings. The molecule has 2 aliphatic rings. The SMILES string of the molecule is COC(=O)c1ccc(NC(=O)N2CCC(N3CC(CC#N)(n4cc(-c5ncnc6[nH]ccc56)cn4)C3)CC2)c(F)c1. The molecule has 0 bridgehead atoms. The first kappa shape index (κ1) is 26.4. The fraction of sp³-hybridized carbons (Fsp3) is 0.357. The van der Waals surface area contributed by atoms with E-state index >= 15 is 0 Å². The molecule has 0 aliphatic carbocycles. The number of nitrogens with one attached hydrogen (secondary N) is 2. The van der Waals surface area contributed by atoms with Crippen LogP contribution >= 0.6 is 0 Å². The highest BCUT2D eigenvalue weighted by molar-refractivity contribution is 5.92. The van der Waals surface area contributed by atoms with Crippen LogP contribution in [0.5, 0.6) is 0 Å². The largest absolute Gasteiger partial charge is 0.465 e. The van der Waals surface area contributed by atoms with E-state index in [0.717, 1.165) is 41.2 Å². The number of esters is 1. The number of likely N-dealkylation sites (tertiary alicyclic amines) is 2. The van der Waals surface area contributed by atoms with E-state index in [1.807, 2.05) is 23.1 Å². The molecule has 210 valence electrons. The average Bonchev–Trinajstić information content (AvgIpc) is 3.66. The van der Waals surface area contributed by atoms with Crippen molar-refractivity contribution in [2.45, 2.75) is 30.8 Å². The topological polar surface area (TPSA) is 145 Å². The van der Waals surface area contributed by atoms with Crippen LogP contribution in [0.2, 0.25) is 0 Å². The number of anilines is 1. The first-order chi connectivity index (χ1) is 19.9. The van der Waals surface area contributed by atoms with Gasteiger partial charge in [-0.15, -0.1) is 0 Å². The van der Waals surface area contributed by atoms with Gasteiger partial charge in [0.05, 0.1) is 42.7 Å². The number of nitrogens with zero attached hydrogens (tertiary/aromatic N) is 7. The van der Waals surface area contributed by atoms with E-state index in [2.05, 4.69) is 41.1 Å². The molecular weight excluding hydrogens is 529 g/mol. The van der Waals surface area contributed by atoms with Gasteiger partial charge >= 0.3 is 12.0 Å². The summed E-state index contributed by atoms with van der Waals surface area (Å²) in [4.78, 5) is 40.2. The number of aromatic nitrogens is 5. The average molecular weight is 558 g/mol. The number of H-pyrrole nitrogens is 1. The Balaban J connectivity index is 1.06. The lowest BCUT2D eigenvalue weighted by atomic mass is 9.84. The van der Waals surface area contributed by atoms with E-state index in [0.29, 0.717) is 32.6 Å². The molecule has 2 aliphatic heterocycles. The number of carbonyl (C=O) groups is 2. The zero-order valence-electron chi connectivity index (χ0n) is 22.4. The summed E-state index contributed by atoms with van der Waals surface area (Å²) in [5, 5.41) is 17.8. The van der Waals surface area contributed by atoms with Crippen molar-refractivity contribution in [1.29, 1.82) is 5.26 Å². The Kier molecular flexibility index (Phi) is 6.84. The van der Waals surface area contributed by atoms with Gasteiger partial charge in [0, 0.05) is 55.6 Å². The van der Waals surface area contributed by atoms with Gasteiger partial charge < -0.3 is 19.9 Å². The highest BCUT2D eigenvalue weighted by Crippen LogP contribution is 2.37. The molecule has 2 N–H and O–H groups in total. The van der Waals surface area contributed by atoms with E-state index in [1.165, 1.54) is 25.6 Å². The van der Waals surface area contributed by atoms with E-state index < -0.39 is 17.3 Å². The summed E-state index contributed by atoms with van der Waals surface area (Å²) in [7, 11) is 1.22. The molecule has 0 saturated carbocycles. The van der Waals surface area contributed by atoms with E-state index in [9.17, 15) is 19.2 Å². The molecule has 1 aromatic carbocycles. The quantitative estimate of drug-likeness (QED) is 0.343. The van der Waals surface area contributed by atoms with E-state index in [1.54, 1.807) is 11.1 Å². The maximum atomic E-state index is 14.4. The van der Waals surface area contributed by atoms with Crippen molar-refractivity contribution in [2.75, 3.05) is 38.6 Å². The van der Waals surface area contributed by atoms with Gasteiger partial charge in [-0.2, -0.15) is 10.4 Å². The number of methoxy groups -OCH3 is 1. The van der Waals surface area contributed by atoms with Crippen LogP contribution in [-0.2, 0) is 10.3 Å². The molecule has 0 atom stereocenters. The molecule has 3 aromatic heterocycles. The second-order valence-electron chi connectivity index (χ2n) is 10.4. The molecular formula is C28H28FN9O3. The second-order valence-corrected chi connectivity index (χ2v) is 10.4. The van der Waals surface area contributed by atoms with Crippen LogP contribution in [0.25, 0.3) is 22.3 Å². The van der Waals surface area contributed by atoms with Gasteiger partial charge in [-0.25, -0.2) is 23.9 Å². The number of hydrogen-bond acceptors (Lipinski definition) is 8. The Hall–Kier alpha value is -4.83. The molecule has 12 nitrogen and oxygen atoms in total. The summed E-state index contributed by atoms with van der Waals surface area (Å²) in [6.07, 6.45) is 8.92. The van der Waals surface area contributed by atoms with Crippen LogP contribution in [0.4, 0.5) is 14.9 Å². The Labute approximate surface area is 234 Å². The van der Waals surface area contributed by atoms with Crippen molar-refractivity contribution in [1.82, 2.24) is 34.5 Å². The number of amides is 2. The smallest absolute Gasteiger partial charge is 0.337 e. The molecule has 2 saturated heterocycles. The second kappa shape index (κ2) is 10.6. The molecule has 41 heavy (non-hydrogen) atoms. The molecule has 0 radical (unpaired) electrons. The number of carbonyl (C=O) groups excluding carboxylic acids is 2. The number of piperidine rings is 1. The third-order valence-electron chi connectivity index (χ3n) is 8.00. The number of urea groups is 1. The number of ether oxygens (including phenoxy) is 1. The van der Waals surface area contributed by atoms with Gasteiger partial charge in [-0.3, -0.25) is 9.58 Å². The number of nitriles is 1. The highest BCUT2D eigenvalue weighted by atomic mass is 19.1. The van der Waals surface area contributed by atoms with Crippen molar-refractivity contribution in [3.63, 3.8) is 0 Å². The third kappa shape index (κ3) is 4.87. The Bertz CT molecular complexity index is 1640. The molecule has 5 heterocycles. The first-order valence-corrected chi connectivity index (χ1v) is 13.3. The Morgan fingerprint density at radius 3 is 2.78 bits per heavy atom. The molecule has 0 unspecified atom stereocenters. The number of halogens is 1. The maximum absolute atomic E-state index is 14.4.